The Morgan fingerprint density at radius 3 is 2.38 bits per heavy atom. The number of anilines is 1. The minimum absolute atomic E-state index is 0.0957. The molecule has 0 bridgehead atoms. The van der Waals surface area contributed by atoms with Crippen molar-refractivity contribution in [3.05, 3.63) is 58.1 Å². The summed E-state index contributed by atoms with van der Waals surface area (Å²) in [6.07, 6.45) is 2.49. The fourth-order valence-electron chi connectivity index (χ4n) is 2.87. The Hall–Kier alpha value is -2.98. The Morgan fingerprint density at radius 1 is 1.16 bits per heavy atom. The number of nitrogens with one attached hydrogen (secondary N) is 1. The van der Waals surface area contributed by atoms with Crippen molar-refractivity contribution < 1.29 is 18.1 Å². The normalized spacial score (nSPS) is 11.9. The van der Waals surface area contributed by atoms with Gasteiger partial charge in [0.1, 0.15) is 11.4 Å². The molecule has 2 aromatic carbocycles. The molecule has 0 aliphatic heterocycles. The van der Waals surface area contributed by atoms with Gasteiger partial charge < -0.3 is 4.74 Å². The van der Waals surface area contributed by atoms with Crippen molar-refractivity contribution >= 4 is 27.6 Å². The van der Waals surface area contributed by atoms with Gasteiger partial charge in [-0.3, -0.25) is 15.5 Å². The first-order valence-electron chi connectivity index (χ1n) is 10.5. The molecular formula is C22H30N4O5S. The second kappa shape index (κ2) is 11.6. The van der Waals surface area contributed by atoms with E-state index in [1.807, 2.05) is 24.3 Å². The number of hydrazone groups is 1. The summed E-state index contributed by atoms with van der Waals surface area (Å²) in [5.41, 5.74) is 3.13. The summed E-state index contributed by atoms with van der Waals surface area (Å²) >= 11 is 0. The Bertz CT molecular complexity index is 1030. The van der Waals surface area contributed by atoms with Crippen LogP contribution in [0.2, 0.25) is 0 Å². The van der Waals surface area contributed by atoms with Crippen molar-refractivity contribution in [1.82, 2.24) is 4.31 Å². The molecule has 0 atom stereocenters. The van der Waals surface area contributed by atoms with Crippen molar-refractivity contribution in [2.45, 2.75) is 39.0 Å². The molecule has 2 rings (SSSR count). The van der Waals surface area contributed by atoms with E-state index < -0.39 is 14.9 Å². The zero-order chi connectivity index (χ0) is 23.7. The fourth-order valence-corrected chi connectivity index (χ4v) is 4.35. The minimum Gasteiger partial charge on any atom is -0.494 e. The van der Waals surface area contributed by atoms with E-state index in [2.05, 4.69) is 24.4 Å². The zero-order valence-electron chi connectivity index (χ0n) is 18.8. The molecule has 0 saturated carbocycles. The van der Waals surface area contributed by atoms with Gasteiger partial charge in [0.15, 0.2) is 0 Å². The molecule has 0 aromatic heterocycles. The van der Waals surface area contributed by atoms with Crippen LogP contribution in [0.5, 0.6) is 5.75 Å². The van der Waals surface area contributed by atoms with Crippen molar-refractivity contribution in [2.24, 2.45) is 11.0 Å². The molecule has 9 nitrogen and oxygen atoms in total. The molecule has 32 heavy (non-hydrogen) atoms. The summed E-state index contributed by atoms with van der Waals surface area (Å²) in [5.74, 6) is 1.33. The Kier molecular flexibility index (Phi) is 9.15. The molecule has 0 aliphatic carbocycles. The third-order valence-corrected chi connectivity index (χ3v) is 6.80. The van der Waals surface area contributed by atoms with Gasteiger partial charge in [-0.2, -0.15) is 9.41 Å². The molecular weight excluding hydrogens is 432 g/mol. The molecule has 174 valence electrons. The molecule has 0 amide bonds. The van der Waals surface area contributed by atoms with Gasteiger partial charge in [0, 0.05) is 19.2 Å². The maximum Gasteiger partial charge on any atom is 0.295 e. The molecule has 0 heterocycles. The van der Waals surface area contributed by atoms with E-state index in [-0.39, 0.29) is 29.4 Å². The van der Waals surface area contributed by atoms with Crippen LogP contribution in [0.25, 0.3) is 0 Å². The molecule has 2 aromatic rings. The average molecular weight is 463 g/mol. The largest absolute Gasteiger partial charge is 0.494 e. The van der Waals surface area contributed by atoms with Gasteiger partial charge in [-0.25, -0.2) is 8.42 Å². The van der Waals surface area contributed by atoms with E-state index in [4.69, 9.17) is 4.74 Å². The summed E-state index contributed by atoms with van der Waals surface area (Å²) in [7, 11) is -3.80. The minimum atomic E-state index is -3.80. The lowest BCUT2D eigenvalue weighted by Gasteiger charge is -2.18. The molecule has 0 unspecified atom stereocenters. The predicted octanol–water partition coefficient (Wildman–Crippen LogP) is 4.50. The van der Waals surface area contributed by atoms with E-state index >= 15 is 0 Å². The Labute approximate surface area is 189 Å². The lowest BCUT2D eigenvalue weighted by Crippen LogP contribution is -2.30. The van der Waals surface area contributed by atoms with Gasteiger partial charge in [-0.1, -0.05) is 27.7 Å². The second-order valence-electron chi connectivity index (χ2n) is 7.50. The third kappa shape index (κ3) is 6.76. The molecule has 0 fully saturated rings. The number of benzene rings is 2. The van der Waals surface area contributed by atoms with Crippen LogP contribution in [-0.2, 0) is 10.0 Å². The van der Waals surface area contributed by atoms with E-state index in [0.717, 1.165) is 23.8 Å². The maximum absolute atomic E-state index is 12.6. The van der Waals surface area contributed by atoms with Gasteiger partial charge in [0.25, 0.3) is 5.69 Å². The van der Waals surface area contributed by atoms with E-state index in [0.29, 0.717) is 12.5 Å². The molecule has 10 heteroatoms. The number of ether oxygens (including phenoxy) is 1. The SMILES string of the molecule is CCN(CC)S(=O)(=O)c1ccc(N/N=C/c2ccc(OCCC(C)C)cc2)c([N+](=O)[O-])c1. The smallest absolute Gasteiger partial charge is 0.295 e. The summed E-state index contributed by atoms with van der Waals surface area (Å²) in [5, 5.41) is 15.5. The molecule has 0 aliphatic rings. The standard InChI is InChI=1S/C22H30N4O5S/c1-5-25(6-2)32(29,30)20-11-12-21(22(15-20)26(27)28)24-23-16-18-7-9-19(10-8-18)31-14-13-17(3)4/h7-12,15-17,24H,5-6,13-14H2,1-4H3/b23-16+. The van der Waals surface area contributed by atoms with Crippen LogP contribution in [0, 0.1) is 16.0 Å². The van der Waals surface area contributed by atoms with Gasteiger partial charge in [0.2, 0.25) is 10.0 Å². The number of nitro groups is 1. The van der Waals surface area contributed by atoms with Crippen LogP contribution < -0.4 is 10.2 Å². The highest BCUT2D eigenvalue weighted by atomic mass is 32.2. The number of nitro benzene ring substituents is 1. The van der Waals surface area contributed by atoms with Gasteiger partial charge >= 0.3 is 0 Å². The molecule has 1 N–H and O–H groups in total. The van der Waals surface area contributed by atoms with Crippen LogP contribution in [0.4, 0.5) is 11.4 Å². The van der Waals surface area contributed by atoms with Crippen LogP contribution in [-0.4, -0.2) is 43.6 Å². The zero-order valence-corrected chi connectivity index (χ0v) is 19.6. The number of nitrogens with zero attached hydrogens (tertiary/aromatic N) is 3. The molecule has 0 saturated heterocycles. The summed E-state index contributed by atoms with van der Waals surface area (Å²) in [6.45, 7) is 8.90. The molecule has 0 radical (unpaired) electrons. The lowest BCUT2D eigenvalue weighted by atomic mass is 10.1. The van der Waals surface area contributed by atoms with Crippen LogP contribution >= 0.6 is 0 Å². The summed E-state index contributed by atoms with van der Waals surface area (Å²) in [4.78, 5) is 10.7. The Morgan fingerprint density at radius 2 is 1.81 bits per heavy atom. The van der Waals surface area contributed by atoms with Gasteiger partial charge in [-0.05, 0) is 54.3 Å². The van der Waals surface area contributed by atoms with Crippen LogP contribution in [0.15, 0.2) is 52.5 Å². The van der Waals surface area contributed by atoms with Crippen molar-refractivity contribution in [3.8, 4) is 5.75 Å². The second-order valence-corrected chi connectivity index (χ2v) is 9.43. The highest BCUT2D eigenvalue weighted by Crippen LogP contribution is 2.29. The van der Waals surface area contributed by atoms with Gasteiger partial charge in [-0.15, -0.1) is 0 Å². The monoisotopic (exact) mass is 462 g/mol. The van der Waals surface area contributed by atoms with Gasteiger partial charge in [0.05, 0.1) is 22.6 Å². The first-order valence-corrected chi connectivity index (χ1v) is 11.9. The topological polar surface area (TPSA) is 114 Å². The highest BCUT2D eigenvalue weighted by Gasteiger charge is 2.25. The number of hydrogen-bond donors (Lipinski definition) is 1. The Balaban J connectivity index is 2.12. The number of hydrogen-bond acceptors (Lipinski definition) is 7. The summed E-state index contributed by atoms with van der Waals surface area (Å²) in [6, 6.07) is 11.0. The highest BCUT2D eigenvalue weighted by molar-refractivity contribution is 7.89. The fraction of sp³-hybridized carbons (Fsp3) is 0.409. The van der Waals surface area contributed by atoms with E-state index in [1.54, 1.807) is 13.8 Å². The summed E-state index contributed by atoms with van der Waals surface area (Å²) < 4.78 is 32.2. The van der Waals surface area contributed by atoms with E-state index in [1.165, 1.54) is 22.7 Å². The van der Waals surface area contributed by atoms with E-state index in [9.17, 15) is 18.5 Å². The number of rotatable bonds is 12. The quantitative estimate of drug-likeness (QED) is 0.282. The predicted molar refractivity (Wildman–Crippen MR) is 126 cm³/mol. The first kappa shape index (κ1) is 25.3. The van der Waals surface area contributed by atoms with Crippen molar-refractivity contribution in [2.75, 3.05) is 25.1 Å². The lowest BCUT2D eigenvalue weighted by molar-refractivity contribution is -0.384. The first-order chi connectivity index (χ1) is 15.2. The third-order valence-electron chi connectivity index (χ3n) is 4.75. The van der Waals surface area contributed by atoms with Crippen LogP contribution in [0.1, 0.15) is 39.7 Å². The van der Waals surface area contributed by atoms with Crippen LogP contribution in [0.3, 0.4) is 0 Å². The van der Waals surface area contributed by atoms with Crippen molar-refractivity contribution in [3.63, 3.8) is 0 Å². The average Bonchev–Trinajstić information content (AvgIpc) is 2.75. The molecule has 0 spiro atoms. The van der Waals surface area contributed by atoms with Crippen molar-refractivity contribution in [1.29, 1.82) is 0 Å². The maximum atomic E-state index is 12.6. The number of sulfonamides is 1.